The molecule has 41 heavy (non-hydrogen) atoms. The second-order valence-corrected chi connectivity index (χ2v) is 9.86. The Morgan fingerprint density at radius 1 is 0.927 bits per heavy atom. The molecule has 0 saturated carbocycles. The summed E-state index contributed by atoms with van der Waals surface area (Å²) in [4.78, 5) is 25.8. The van der Waals surface area contributed by atoms with Crippen LogP contribution < -0.4 is 19.5 Å². The predicted molar refractivity (Wildman–Crippen MR) is 163 cm³/mol. The number of aryl methyl sites for hydroxylation is 1. The molecule has 1 aromatic heterocycles. The third-order valence-corrected chi connectivity index (χ3v) is 7.14. The molecule has 7 nitrogen and oxygen atoms in total. The molecule has 0 spiro atoms. The molecule has 4 rings (SSSR count). The fraction of sp³-hybridized carbons (Fsp3) is 0.212. The molecule has 0 atom stereocenters. The second kappa shape index (κ2) is 14.2. The van der Waals surface area contributed by atoms with Crippen LogP contribution in [0, 0.1) is 6.92 Å². The summed E-state index contributed by atoms with van der Waals surface area (Å²) in [5.41, 5.74) is 4.83. The highest BCUT2D eigenvalue weighted by Gasteiger charge is 2.22. The molecule has 1 heterocycles. The van der Waals surface area contributed by atoms with E-state index in [1.54, 1.807) is 26.2 Å². The van der Waals surface area contributed by atoms with Gasteiger partial charge >= 0.3 is 5.97 Å². The number of hydrogen-bond donors (Lipinski definition) is 1. The lowest BCUT2D eigenvalue weighted by Crippen LogP contribution is -2.12. The molecule has 212 valence electrons. The van der Waals surface area contributed by atoms with Crippen molar-refractivity contribution in [2.24, 2.45) is 0 Å². The van der Waals surface area contributed by atoms with Crippen LogP contribution in [0.2, 0.25) is 0 Å². The third-order valence-electron chi connectivity index (χ3n) is 6.24. The van der Waals surface area contributed by atoms with E-state index in [1.807, 2.05) is 79.9 Å². The monoisotopic (exact) mass is 571 g/mol. The number of esters is 1. The van der Waals surface area contributed by atoms with E-state index in [2.05, 4.69) is 5.32 Å². The van der Waals surface area contributed by atoms with Crippen molar-refractivity contribution in [2.75, 3.05) is 25.6 Å². The van der Waals surface area contributed by atoms with Crippen LogP contribution in [0.25, 0.3) is 17.2 Å². The molecule has 0 saturated heterocycles. The van der Waals surface area contributed by atoms with Crippen molar-refractivity contribution in [3.63, 3.8) is 0 Å². The Morgan fingerprint density at radius 3 is 2.41 bits per heavy atom. The molecule has 1 amide bonds. The number of methoxy groups -OCH3 is 1. The molecule has 0 fully saturated rings. The fourth-order valence-corrected chi connectivity index (χ4v) is 5.09. The first-order valence-corrected chi connectivity index (χ1v) is 14.2. The van der Waals surface area contributed by atoms with E-state index < -0.39 is 5.97 Å². The van der Waals surface area contributed by atoms with Gasteiger partial charge in [0.1, 0.15) is 22.9 Å². The van der Waals surface area contributed by atoms with Crippen molar-refractivity contribution in [1.82, 2.24) is 0 Å². The van der Waals surface area contributed by atoms with E-state index in [-0.39, 0.29) is 12.5 Å². The first-order valence-electron chi connectivity index (χ1n) is 13.3. The second-order valence-electron chi connectivity index (χ2n) is 8.98. The maximum Gasteiger partial charge on any atom is 0.341 e. The number of carbonyl (C=O) groups is 2. The lowest BCUT2D eigenvalue weighted by Gasteiger charge is -2.12. The summed E-state index contributed by atoms with van der Waals surface area (Å²) in [6.45, 7) is 6.91. The summed E-state index contributed by atoms with van der Waals surface area (Å²) in [6, 6.07) is 21.0. The Bertz CT molecular complexity index is 1520. The number of thiophene rings is 1. The first kappa shape index (κ1) is 29.4. The van der Waals surface area contributed by atoms with Crippen molar-refractivity contribution < 1.29 is 28.5 Å². The van der Waals surface area contributed by atoms with Crippen molar-refractivity contribution in [2.45, 2.75) is 27.4 Å². The molecule has 3 aromatic carbocycles. The Balaban J connectivity index is 1.48. The SMILES string of the molecule is CCOC(=O)c1c(-c2ccc(OCC)cc2)csc1NC(=O)/C=C/c1ccc(OCc2ccccc2C)c(OC)c1. The molecular weight excluding hydrogens is 538 g/mol. The van der Waals surface area contributed by atoms with E-state index in [9.17, 15) is 9.59 Å². The average molecular weight is 572 g/mol. The summed E-state index contributed by atoms with van der Waals surface area (Å²) in [6.07, 6.45) is 3.09. The summed E-state index contributed by atoms with van der Waals surface area (Å²) in [5.74, 6) is 1.03. The number of carbonyl (C=O) groups excluding carboxylic acids is 2. The fourth-order valence-electron chi connectivity index (χ4n) is 4.13. The molecule has 0 aliphatic heterocycles. The smallest absolute Gasteiger partial charge is 0.341 e. The molecule has 0 radical (unpaired) electrons. The summed E-state index contributed by atoms with van der Waals surface area (Å²) < 4.78 is 22.3. The number of ether oxygens (including phenoxy) is 4. The standard InChI is InChI=1S/C33H33NO6S/c1-5-38-26-15-13-24(14-16-26)27-21-41-32(31(27)33(36)39-6-2)34-30(35)18-12-23-11-17-28(29(19-23)37-4)40-20-25-10-8-7-9-22(25)3/h7-19,21H,5-6,20H2,1-4H3,(H,34,35)/b18-12+. The van der Waals surface area contributed by atoms with Gasteiger partial charge in [0.25, 0.3) is 0 Å². The van der Waals surface area contributed by atoms with Crippen LogP contribution in [0.1, 0.15) is 40.9 Å². The number of anilines is 1. The average Bonchev–Trinajstić information content (AvgIpc) is 3.40. The molecule has 8 heteroatoms. The number of amides is 1. The van der Waals surface area contributed by atoms with E-state index in [0.29, 0.717) is 40.8 Å². The largest absolute Gasteiger partial charge is 0.494 e. The van der Waals surface area contributed by atoms with E-state index in [4.69, 9.17) is 18.9 Å². The van der Waals surface area contributed by atoms with Crippen molar-refractivity contribution in [3.05, 3.63) is 100 Å². The summed E-state index contributed by atoms with van der Waals surface area (Å²) in [7, 11) is 1.58. The minimum absolute atomic E-state index is 0.219. The van der Waals surface area contributed by atoms with Crippen LogP contribution in [0.15, 0.2) is 78.2 Å². The van der Waals surface area contributed by atoms with Crippen LogP contribution in [0.3, 0.4) is 0 Å². The number of benzene rings is 3. The highest BCUT2D eigenvalue weighted by atomic mass is 32.1. The van der Waals surface area contributed by atoms with Crippen LogP contribution in [-0.4, -0.2) is 32.2 Å². The molecule has 4 aromatic rings. The minimum Gasteiger partial charge on any atom is -0.494 e. The van der Waals surface area contributed by atoms with Gasteiger partial charge in [-0.1, -0.05) is 42.5 Å². The van der Waals surface area contributed by atoms with E-state index >= 15 is 0 Å². The molecular formula is C33H33NO6S. The molecule has 0 unspecified atom stereocenters. The van der Waals surface area contributed by atoms with Gasteiger partial charge < -0.3 is 24.3 Å². The Hall–Kier alpha value is -4.56. The number of hydrogen-bond acceptors (Lipinski definition) is 7. The predicted octanol–water partition coefficient (Wildman–Crippen LogP) is 7.54. The highest BCUT2D eigenvalue weighted by Crippen LogP contribution is 2.37. The molecule has 0 aliphatic rings. The van der Waals surface area contributed by atoms with Crippen LogP contribution in [0.4, 0.5) is 5.00 Å². The zero-order valence-electron chi connectivity index (χ0n) is 23.6. The van der Waals surface area contributed by atoms with Crippen molar-refractivity contribution in [3.8, 4) is 28.4 Å². The lowest BCUT2D eigenvalue weighted by atomic mass is 10.0. The lowest BCUT2D eigenvalue weighted by molar-refractivity contribution is -0.111. The van der Waals surface area contributed by atoms with Gasteiger partial charge in [0.15, 0.2) is 11.5 Å². The van der Waals surface area contributed by atoms with Gasteiger partial charge in [-0.15, -0.1) is 11.3 Å². The van der Waals surface area contributed by atoms with Crippen molar-refractivity contribution >= 4 is 34.3 Å². The summed E-state index contributed by atoms with van der Waals surface area (Å²) >= 11 is 1.27. The number of rotatable bonds is 12. The Morgan fingerprint density at radius 2 is 1.71 bits per heavy atom. The molecule has 0 aliphatic carbocycles. The van der Waals surface area contributed by atoms with Gasteiger partial charge in [-0.25, -0.2) is 4.79 Å². The minimum atomic E-state index is -0.497. The van der Waals surface area contributed by atoms with Gasteiger partial charge in [0.05, 0.1) is 20.3 Å². The van der Waals surface area contributed by atoms with Gasteiger partial charge in [0.2, 0.25) is 5.91 Å². The van der Waals surface area contributed by atoms with Crippen molar-refractivity contribution in [1.29, 1.82) is 0 Å². The topological polar surface area (TPSA) is 83.1 Å². The van der Waals surface area contributed by atoms with Gasteiger partial charge in [-0.05, 0) is 73.4 Å². The van der Waals surface area contributed by atoms with Gasteiger partial charge in [0, 0.05) is 17.0 Å². The quantitative estimate of drug-likeness (QED) is 0.140. The Kier molecular flexibility index (Phi) is 10.2. The maximum absolute atomic E-state index is 12.9. The highest BCUT2D eigenvalue weighted by molar-refractivity contribution is 7.15. The normalized spacial score (nSPS) is 10.8. The third kappa shape index (κ3) is 7.55. The van der Waals surface area contributed by atoms with Crippen LogP contribution in [0.5, 0.6) is 17.2 Å². The van der Waals surface area contributed by atoms with Gasteiger partial charge in [-0.2, -0.15) is 0 Å². The zero-order valence-corrected chi connectivity index (χ0v) is 24.4. The number of nitrogens with one attached hydrogen (secondary N) is 1. The summed E-state index contributed by atoms with van der Waals surface area (Å²) in [5, 5.41) is 5.09. The van der Waals surface area contributed by atoms with Crippen LogP contribution >= 0.6 is 11.3 Å². The Labute approximate surface area is 244 Å². The first-order chi connectivity index (χ1) is 19.9. The van der Waals surface area contributed by atoms with E-state index in [1.165, 1.54) is 17.4 Å². The molecule has 1 N–H and O–H groups in total. The van der Waals surface area contributed by atoms with Crippen LogP contribution in [-0.2, 0) is 16.1 Å². The van der Waals surface area contributed by atoms with Gasteiger partial charge in [-0.3, -0.25) is 4.79 Å². The molecule has 0 bridgehead atoms. The van der Waals surface area contributed by atoms with E-state index in [0.717, 1.165) is 28.0 Å². The zero-order chi connectivity index (χ0) is 29.2. The maximum atomic E-state index is 12.9.